The summed E-state index contributed by atoms with van der Waals surface area (Å²) in [5, 5.41) is 0. The number of benzene rings is 2. The van der Waals surface area contributed by atoms with Gasteiger partial charge in [0.1, 0.15) is 5.75 Å². The Hall–Kier alpha value is -3.71. The molecule has 6 nitrogen and oxygen atoms in total. The summed E-state index contributed by atoms with van der Waals surface area (Å²) in [5.74, 6) is 0.291. The summed E-state index contributed by atoms with van der Waals surface area (Å²) in [4.78, 5) is 32.1. The summed E-state index contributed by atoms with van der Waals surface area (Å²) in [6.45, 7) is 8.22. The van der Waals surface area contributed by atoms with Gasteiger partial charge in [0.05, 0.1) is 34.6 Å². The lowest BCUT2D eigenvalue weighted by Crippen LogP contribution is -2.40. The van der Waals surface area contributed by atoms with Crippen LogP contribution in [-0.2, 0) is 9.53 Å². The van der Waals surface area contributed by atoms with Crippen molar-refractivity contribution in [1.29, 1.82) is 0 Å². The van der Waals surface area contributed by atoms with Gasteiger partial charge in [-0.15, -0.1) is 0 Å². The number of nitrogens with zero attached hydrogens (tertiary/aromatic N) is 2. The third-order valence-corrected chi connectivity index (χ3v) is 7.13. The van der Waals surface area contributed by atoms with Gasteiger partial charge in [-0.25, -0.2) is 9.79 Å². The van der Waals surface area contributed by atoms with Gasteiger partial charge in [-0.1, -0.05) is 85.7 Å². The van der Waals surface area contributed by atoms with Crippen LogP contribution in [0.25, 0.3) is 12.2 Å². The van der Waals surface area contributed by atoms with Crippen LogP contribution in [0, 0.1) is 0 Å². The molecule has 0 aliphatic carbocycles. The van der Waals surface area contributed by atoms with Gasteiger partial charge in [-0.05, 0) is 56.5 Å². The number of hydrogen-bond donors (Lipinski definition) is 0. The number of carbonyl (C=O) groups excluding carboxylic acids is 1. The van der Waals surface area contributed by atoms with Crippen LogP contribution < -0.4 is 19.6 Å². The largest absolute Gasteiger partial charge is 0.494 e. The third kappa shape index (κ3) is 6.40. The summed E-state index contributed by atoms with van der Waals surface area (Å²) in [5.41, 5.74) is 2.56. The maximum Gasteiger partial charge on any atom is 0.338 e. The van der Waals surface area contributed by atoms with E-state index in [1.165, 1.54) is 11.3 Å². The van der Waals surface area contributed by atoms with E-state index in [2.05, 4.69) is 11.9 Å². The fourth-order valence-electron chi connectivity index (χ4n) is 4.29. The van der Waals surface area contributed by atoms with Gasteiger partial charge in [0.25, 0.3) is 5.56 Å². The van der Waals surface area contributed by atoms with Crippen molar-refractivity contribution in [3.8, 4) is 5.75 Å². The zero-order valence-corrected chi connectivity index (χ0v) is 23.2. The van der Waals surface area contributed by atoms with Gasteiger partial charge in [-0.2, -0.15) is 0 Å². The van der Waals surface area contributed by atoms with Crippen LogP contribution in [0.3, 0.4) is 0 Å². The number of esters is 1. The van der Waals surface area contributed by atoms with Crippen LogP contribution in [-0.4, -0.2) is 23.2 Å². The predicted octanol–water partition coefficient (Wildman–Crippen LogP) is 5.42. The quantitative estimate of drug-likeness (QED) is 0.259. The molecule has 3 aromatic rings. The molecule has 7 heteroatoms. The predicted molar refractivity (Wildman–Crippen MR) is 153 cm³/mol. The van der Waals surface area contributed by atoms with Crippen LogP contribution in [0.2, 0.25) is 0 Å². The summed E-state index contributed by atoms with van der Waals surface area (Å²) in [7, 11) is 0. The van der Waals surface area contributed by atoms with Crippen LogP contribution in [0.1, 0.15) is 64.1 Å². The van der Waals surface area contributed by atoms with Gasteiger partial charge in [0, 0.05) is 0 Å². The summed E-state index contributed by atoms with van der Waals surface area (Å²) in [6, 6.07) is 16.9. The molecule has 0 fully saturated rings. The molecule has 0 saturated heterocycles. The SMILES string of the molecule is CCCCCOc1ccc(C2C(C(=O)OC(C)C)=C(C)N=c3s/c(=C\C=C\c4ccccc4)c(=O)n32)cc1. The molecule has 1 aliphatic rings. The summed E-state index contributed by atoms with van der Waals surface area (Å²) in [6.07, 6.45) is 8.57. The highest BCUT2D eigenvalue weighted by Crippen LogP contribution is 2.32. The second-order valence-corrected chi connectivity index (χ2v) is 10.5. The van der Waals surface area contributed by atoms with Crippen LogP contribution in [0.15, 0.2) is 81.7 Å². The van der Waals surface area contributed by atoms with E-state index in [1.807, 2.05) is 80.6 Å². The van der Waals surface area contributed by atoms with Gasteiger partial charge in [-0.3, -0.25) is 9.36 Å². The number of thiazole rings is 1. The molecule has 38 heavy (non-hydrogen) atoms. The molecule has 1 aliphatic heterocycles. The Kier molecular flexibility index (Phi) is 9.13. The van der Waals surface area contributed by atoms with Crippen molar-refractivity contribution in [2.45, 2.75) is 59.1 Å². The Morgan fingerprint density at radius 3 is 2.53 bits per heavy atom. The number of hydrogen-bond acceptors (Lipinski definition) is 6. The normalized spacial score (nSPS) is 15.6. The van der Waals surface area contributed by atoms with Crippen molar-refractivity contribution in [3.63, 3.8) is 0 Å². The van der Waals surface area contributed by atoms with Crippen molar-refractivity contribution in [1.82, 2.24) is 4.57 Å². The molecule has 0 N–H and O–H groups in total. The fourth-order valence-corrected chi connectivity index (χ4v) is 5.29. The fraction of sp³-hybridized carbons (Fsp3) is 0.323. The van der Waals surface area contributed by atoms with E-state index in [4.69, 9.17) is 9.47 Å². The number of carbonyl (C=O) groups is 1. The number of unbranched alkanes of at least 4 members (excludes halogenated alkanes) is 2. The molecule has 0 saturated carbocycles. The molecule has 198 valence electrons. The molecule has 0 amide bonds. The lowest BCUT2D eigenvalue weighted by molar-refractivity contribution is -0.143. The first kappa shape index (κ1) is 27.3. The zero-order valence-electron chi connectivity index (χ0n) is 22.3. The topological polar surface area (TPSA) is 69.9 Å². The van der Waals surface area contributed by atoms with Crippen molar-refractivity contribution >= 4 is 29.5 Å². The van der Waals surface area contributed by atoms with Gasteiger partial charge in [0.2, 0.25) is 0 Å². The number of allylic oxidation sites excluding steroid dienone is 2. The lowest BCUT2D eigenvalue weighted by atomic mass is 9.96. The average molecular weight is 531 g/mol. The molecular formula is C31H34N2O4S. The molecule has 1 aromatic heterocycles. The minimum Gasteiger partial charge on any atom is -0.494 e. The van der Waals surface area contributed by atoms with Crippen molar-refractivity contribution in [2.24, 2.45) is 4.99 Å². The van der Waals surface area contributed by atoms with E-state index in [-0.39, 0.29) is 11.7 Å². The van der Waals surface area contributed by atoms with Gasteiger partial charge >= 0.3 is 5.97 Å². The minimum atomic E-state index is -0.646. The van der Waals surface area contributed by atoms with Crippen molar-refractivity contribution in [2.75, 3.05) is 6.61 Å². The maximum absolute atomic E-state index is 13.7. The maximum atomic E-state index is 13.7. The lowest BCUT2D eigenvalue weighted by Gasteiger charge is -2.25. The van der Waals surface area contributed by atoms with Crippen LogP contribution in [0.5, 0.6) is 5.75 Å². The van der Waals surface area contributed by atoms with E-state index in [9.17, 15) is 9.59 Å². The Balaban J connectivity index is 1.74. The molecule has 1 unspecified atom stereocenters. The summed E-state index contributed by atoms with van der Waals surface area (Å²) < 4.78 is 13.6. The van der Waals surface area contributed by atoms with Crippen LogP contribution in [0.4, 0.5) is 0 Å². The number of ether oxygens (including phenoxy) is 2. The highest BCUT2D eigenvalue weighted by Gasteiger charge is 2.33. The van der Waals surface area contributed by atoms with Gasteiger partial charge in [0.15, 0.2) is 4.80 Å². The van der Waals surface area contributed by atoms with Crippen molar-refractivity contribution < 1.29 is 14.3 Å². The second-order valence-electron chi connectivity index (χ2n) is 9.45. The molecular weight excluding hydrogens is 496 g/mol. The molecule has 0 bridgehead atoms. The monoisotopic (exact) mass is 530 g/mol. The standard InChI is InChI=1S/C31H34N2O4S/c1-5-6-10-20-36-25-18-16-24(17-19-25)28-27(30(35)37-21(2)3)22(4)32-31-33(28)29(34)26(38-31)15-11-14-23-12-8-7-9-13-23/h7-9,11-19,21,28H,5-6,10,20H2,1-4H3/b14-11+,26-15-. The van der Waals surface area contributed by atoms with E-state index >= 15 is 0 Å². The van der Waals surface area contributed by atoms with E-state index in [0.29, 0.717) is 27.2 Å². The Morgan fingerprint density at radius 2 is 1.84 bits per heavy atom. The third-order valence-electron chi connectivity index (χ3n) is 6.13. The van der Waals surface area contributed by atoms with Gasteiger partial charge < -0.3 is 9.47 Å². The van der Waals surface area contributed by atoms with E-state index in [0.717, 1.165) is 36.1 Å². The number of fused-ring (bicyclic) bond motifs is 1. The molecule has 4 rings (SSSR count). The first-order valence-corrected chi connectivity index (χ1v) is 13.9. The minimum absolute atomic E-state index is 0.196. The van der Waals surface area contributed by atoms with Crippen molar-refractivity contribution in [3.05, 3.63) is 103 Å². The van der Waals surface area contributed by atoms with E-state index in [1.54, 1.807) is 17.6 Å². The Morgan fingerprint density at radius 1 is 1.11 bits per heavy atom. The number of aromatic nitrogens is 1. The Bertz CT molecular complexity index is 1500. The summed E-state index contributed by atoms with van der Waals surface area (Å²) >= 11 is 1.31. The average Bonchev–Trinajstić information content (AvgIpc) is 3.21. The smallest absolute Gasteiger partial charge is 0.338 e. The molecule has 0 spiro atoms. The highest BCUT2D eigenvalue weighted by atomic mass is 32.1. The van der Waals surface area contributed by atoms with Crippen LogP contribution >= 0.6 is 11.3 Å². The first-order valence-electron chi connectivity index (χ1n) is 13.1. The second kappa shape index (κ2) is 12.7. The molecule has 0 radical (unpaired) electrons. The highest BCUT2D eigenvalue weighted by molar-refractivity contribution is 7.07. The molecule has 1 atom stereocenters. The molecule has 2 heterocycles. The Labute approximate surface area is 227 Å². The first-order chi connectivity index (χ1) is 18.4. The molecule has 2 aromatic carbocycles. The van der Waals surface area contributed by atoms with E-state index < -0.39 is 12.0 Å². The number of rotatable bonds is 10. The zero-order chi connectivity index (χ0) is 27.1.